The summed E-state index contributed by atoms with van der Waals surface area (Å²) >= 11 is 2.53. The smallest absolute Gasteiger partial charge is 0.267 e. The molecule has 2 aliphatic rings. The van der Waals surface area contributed by atoms with Crippen LogP contribution < -0.4 is 4.90 Å². The van der Waals surface area contributed by atoms with E-state index in [0.717, 1.165) is 16.3 Å². The van der Waals surface area contributed by atoms with Gasteiger partial charge in [-0.15, -0.1) is 16.8 Å². The lowest BCUT2D eigenvalue weighted by molar-refractivity contribution is -0.122. The molecule has 0 aliphatic carbocycles. The molecular weight excluding hydrogens is 382 g/mol. The van der Waals surface area contributed by atoms with E-state index in [1.165, 1.54) is 28.0 Å². The van der Waals surface area contributed by atoms with Crippen LogP contribution in [0.3, 0.4) is 0 Å². The van der Waals surface area contributed by atoms with Crippen molar-refractivity contribution < 1.29 is 9.59 Å². The van der Waals surface area contributed by atoms with Gasteiger partial charge in [-0.3, -0.25) is 14.5 Å². The summed E-state index contributed by atoms with van der Waals surface area (Å²) in [5.41, 5.74) is 1.96. The number of anilines is 1. The molecule has 4 rings (SSSR count). The molecule has 136 valence electrons. The van der Waals surface area contributed by atoms with Gasteiger partial charge in [-0.1, -0.05) is 35.6 Å². The molecule has 7 nitrogen and oxygen atoms in total. The molecule has 27 heavy (non-hydrogen) atoms. The zero-order valence-electron chi connectivity index (χ0n) is 14.7. The van der Waals surface area contributed by atoms with E-state index in [0.29, 0.717) is 27.3 Å². The van der Waals surface area contributed by atoms with E-state index >= 15 is 0 Å². The number of amides is 2. The Bertz CT molecular complexity index is 1040. The molecule has 1 saturated heterocycles. The van der Waals surface area contributed by atoms with Crippen LogP contribution >= 0.6 is 23.1 Å². The Morgan fingerprint density at radius 2 is 2.00 bits per heavy atom. The van der Waals surface area contributed by atoms with Gasteiger partial charge >= 0.3 is 0 Å². The molecule has 3 heterocycles. The summed E-state index contributed by atoms with van der Waals surface area (Å²) < 4.78 is 0. The molecule has 1 fully saturated rings. The molecule has 0 radical (unpaired) electrons. The van der Waals surface area contributed by atoms with E-state index in [2.05, 4.69) is 21.8 Å². The predicted molar refractivity (Wildman–Crippen MR) is 108 cm³/mol. The van der Waals surface area contributed by atoms with Crippen molar-refractivity contribution in [2.24, 2.45) is 4.99 Å². The van der Waals surface area contributed by atoms with Crippen molar-refractivity contribution in [3.8, 4) is 0 Å². The quantitative estimate of drug-likeness (QED) is 0.588. The molecule has 0 atom stereocenters. The number of amidine groups is 1. The first kappa shape index (κ1) is 17.6. The molecular formula is C18H15N5O2S2. The molecule has 1 aromatic heterocycles. The molecule has 2 amide bonds. The Balaban J connectivity index is 1.84. The van der Waals surface area contributed by atoms with Crippen molar-refractivity contribution in [1.82, 2.24) is 15.1 Å². The molecule has 0 N–H and O–H groups in total. The second-order valence-electron chi connectivity index (χ2n) is 5.89. The standard InChI is InChI=1S/C18H15N5O2S2/c1-4-9-23-16(25)14(27-18(23)19-17-21-20-10(2)26-17)13-11-7-5-6-8-12(11)22(3)15(13)24/h4-8H,1,9H2,2-3H3/b14-13-,19-18?. The number of hydrogen-bond donors (Lipinski definition) is 0. The molecule has 2 aliphatic heterocycles. The first-order valence-corrected chi connectivity index (χ1v) is 9.75. The minimum atomic E-state index is -0.256. The summed E-state index contributed by atoms with van der Waals surface area (Å²) in [7, 11) is 1.71. The molecule has 2 aromatic rings. The van der Waals surface area contributed by atoms with Crippen LogP contribution in [0, 0.1) is 6.92 Å². The van der Waals surface area contributed by atoms with E-state index in [-0.39, 0.29) is 11.8 Å². The fourth-order valence-electron chi connectivity index (χ4n) is 2.93. The third-order valence-electron chi connectivity index (χ3n) is 4.16. The van der Waals surface area contributed by atoms with E-state index in [1.807, 2.05) is 31.2 Å². The van der Waals surface area contributed by atoms with E-state index in [4.69, 9.17) is 0 Å². The van der Waals surface area contributed by atoms with Crippen molar-refractivity contribution in [3.63, 3.8) is 0 Å². The summed E-state index contributed by atoms with van der Waals surface area (Å²) in [4.78, 5) is 33.8. The largest absolute Gasteiger partial charge is 0.311 e. The van der Waals surface area contributed by atoms with Crippen molar-refractivity contribution >= 4 is 56.5 Å². The number of hydrogen-bond acceptors (Lipinski definition) is 7. The van der Waals surface area contributed by atoms with Crippen LogP contribution in [0.5, 0.6) is 0 Å². The third kappa shape index (κ3) is 2.88. The number of aliphatic imine (C=N–C) groups is 1. The number of para-hydroxylation sites is 1. The first-order chi connectivity index (χ1) is 13.0. The molecule has 0 bridgehead atoms. The highest BCUT2D eigenvalue weighted by Gasteiger charge is 2.41. The predicted octanol–water partition coefficient (Wildman–Crippen LogP) is 2.98. The summed E-state index contributed by atoms with van der Waals surface area (Å²) in [6.07, 6.45) is 1.63. The normalized spacial score (nSPS) is 20.7. The summed E-state index contributed by atoms with van der Waals surface area (Å²) in [5.74, 6) is -0.452. The van der Waals surface area contributed by atoms with Crippen LogP contribution in [0.25, 0.3) is 5.57 Å². The van der Waals surface area contributed by atoms with Gasteiger partial charge in [0.25, 0.3) is 11.8 Å². The number of nitrogens with zero attached hydrogens (tertiary/aromatic N) is 5. The molecule has 0 saturated carbocycles. The van der Waals surface area contributed by atoms with Crippen LogP contribution in [0.4, 0.5) is 10.8 Å². The summed E-state index contributed by atoms with van der Waals surface area (Å²) in [5, 5.41) is 9.68. The van der Waals surface area contributed by atoms with Gasteiger partial charge in [-0.25, -0.2) is 0 Å². The average molecular weight is 397 g/mol. The Morgan fingerprint density at radius 1 is 1.22 bits per heavy atom. The Morgan fingerprint density at radius 3 is 2.70 bits per heavy atom. The Labute approximate surface area is 164 Å². The fraction of sp³-hybridized carbons (Fsp3) is 0.167. The van der Waals surface area contributed by atoms with Gasteiger partial charge in [-0.05, 0) is 24.8 Å². The second kappa shape index (κ2) is 6.75. The molecule has 0 unspecified atom stereocenters. The highest BCUT2D eigenvalue weighted by atomic mass is 32.2. The maximum Gasteiger partial charge on any atom is 0.267 e. The number of benzene rings is 1. The molecule has 9 heteroatoms. The Hall–Kier alpha value is -2.78. The van der Waals surface area contributed by atoms with E-state index in [1.54, 1.807) is 18.0 Å². The fourth-order valence-corrected chi connectivity index (χ4v) is 4.63. The minimum absolute atomic E-state index is 0.196. The highest BCUT2D eigenvalue weighted by molar-refractivity contribution is 8.18. The lowest BCUT2D eigenvalue weighted by Crippen LogP contribution is -2.29. The second-order valence-corrected chi connectivity index (χ2v) is 8.03. The SMILES string of the molecule is C=CCN1C(=O)/C(=C2/C(=O)N(C)c3ccccc32)SC1=Nc1nnc(C)s1. The zero-order valence-corrected chi connectivity index (χ0v) is 16.3. The van der Waals surface area contributed by atoms with Gasteiger partial charge < -0.3 is 4.90 Å². The Kier molecular flexibility index (Phi) is 4.40. The topological polar surface area (TPSA) is 78.8 Å². The van der Waals surface area contributed by atoms with Crippen LogP contribution in [-0.4, -0.2) is 45.7 Å². The number of rotatable bonds is 3. The van der Waals surface area contributed by atoms with E-state index in [9.17, 15) is 9.59 Å². The van der Waals surface area contributed by atoms with Crippen molar-refractivity contribution in [1.29, 1.82) is 0 Å². The maximum absolute atomic E-state index is 13.1. The average Bonchev–Trinajstić information content (AvgIpc) is 3.27. The number of carbonyl (C=O) groups is 2. The number of likely N-dealkylation sites (N-methyl/N-ethyl adjacent to an activating group) is 1. The van der Waals surface area contributed by atoms with Crippen LogP contribution in [0.2, 0.25) is 0 Å². The zero-order chi connectivity index (χ0) is 19.1. The third-order valence-corrected chi connectivity index (χ3v) is 5.97. The van der Waals surface area contributed by atoms with Gasteiger partial charge in [0.05, 0.1) is 16.2 Å². The number of fused-ring (bicyclic) bond motifs is 1. The van der Waals surface area contributed by atoms with Crippen molar-refractivity contribution in [3.05, 3.63) is 52.4 Å². The van der Waals surface area contributed by atoms with Gasteiger partial charge in [0.1, 0.15) is 5.01 Å². The summed E-state index contributed by atoms with van der Waals surface area (Å²) in [6, 6.07) is 7.45. The van der Waals surface area contributed by atoms with Gasteiger partial charge in [0.2, 0.25) is 5.13 Å². The van der Waals surface area contributed by atoms with Crippen LogP contribution in [0.1, 0.15) is 10.6 Å². The van der Waals surface area contributed by atoms with Crippen LogP contribution in [-0.2, 0) is 9.59 Å². The number of aromatic nitrogens is 2. The van der Waals surface area contributed by atoms with Gasteiger partial charge in [-0.2, -0.15) is 4.99 Å². The minimum Gasteiger partial charge on any atom is -0.311 e. The molecule has 1 aromatic carbocycles. The van der Waals surface area contributed by atoms with Crippen molar-refractivity contribution in [2.75, 3.05) is 18.5 Å². The van der Waals surface area contributed by atoms with E-state index < -0.39 is 0 Å². The first-order valence-electron chi connectivity index (χ1n) is 8.12. The van der Waals surface area contributed by atoms with Gasteiger partial charge in [0, 0.05) is 19.2 Å². The van der Waals surface area contributed by atoms with Gasteiger partial charge in [0.15, 0.2) is 5.17 Å². The number of aryl methyl sites for hydroxylation is 1. The summed E-state index contributed by atoms with van der Waals surface area (Å²) in [6.45, 7) is 5.85. The monoisotopic (exact) mass is 397 g/mol. The highest BCUT2D eigenvalue weighted by Crippen LogP contribution is 2.44. The lowest BCUT2D eigenvalue weighted by atomic mass is 10.1. The number of thioether (sulfide) groups is 1. The maximum atomic E-state index is 13.1. The molecule has 0 spiro atoms. The van der Waals surface area contributed by atoms with Crippen molar-refractivity contribution in [2.45, 2.75) is 6.92 Å². The number of carbonyl (C=O) groups excluding carboxylic acids is 2. The van der Waals surface area contributed by atoms with Crippen LogP contribution in [0.15, 0.2) is 46.8 Å². The lowest BCUT2D eigenvalue weighted by Gasteiger charge is -2.11.